The van der Waals surface area contributed by atoms with Gasteiger partial charge in [-0.1, -0.05) is 49.3 Å². The van der Waals surface area contributed by atoms with Gasteiger partial charge in [-0.15, -0.1) is 0 Å². The topological polar surface area (TPSA) is 29.3 Å². The summed E-state index contributed by atoms with van der Waals surface area (Å²) < 4.78 is 0. The number of likely N-dealkylation sites (tertiary alicyclic amines) is 1. The van der Waals surface area contributed by atoms with E-state index in [1.807, 2.05) is 12.1 Å². The quantitative estimate of drug-likeness (QED) is 0.834. The van der Waals surface area contributed by atoms with Crippen molar-refractivity contribution in [3.63, 3.8) is 0 Å². The van der Waals surface area contributed by atoms with Crippen LogP contribution in [-0.4, -0.2) is 23.0 Å². The molecule has 0 unspecified atom stereocenters. The molecule has 0 aromatic heterocycles. The predicted molar refractivity (Wildman–Crippen MR) is 76.1 cm³/mol. The van der Waals surface area contributed by atoms with Crippen LogP contribution in [0, 0.1) is 0 Å². The average molecular weight is 248 g/mol. The number of thiocarbonyl (C=S) groups is 1. The number of nitrogens with two attached hydrogens (primary N) is 1. The number of benzene rings is 1. The molecule has 0 saturated carbocycles. The summed E-state index contributed by atoms with van der Waals surface area (Å²) in [5.41, 5.74) is 8.06. The van der Waals surface area contributed by atoms with Crippen molar-refractivity contribution >= 4 is 17.2 Å². The van der Waals surface area contributed by atoms with Gasteiger partial charge in [-0.2, -0.15) is 0 Å². The van der Waals surface area contributed by atoms with Crippen LogP contribution in [0.4, 0.5) is 0 Å². The van der Waals surface area contributed by atoms with Crippen molar-refractivity contribution < 1.29 is 0 Å². The van der Waals surface area contributed by atoms with E-state index in [-0.39, 0.29) is 0 Å². The second kappa shape index (κ2) is 6.12. The predicted octanol–water partition coefficient (Wildman–Crippen LogP) is 2.70. The number of nitrogens with zero attached hydrogens (tertiary/aromatic N) is 1. The van der Waals surface area contributed by atoms with Gasteiger partial charge in [0.25, 0.3) is 0 Å². The summed E-state index contributed by atoms with van der Waals surface area (Å²) in [7, 11) is 0. The van der Waals surface area contributed by atoms with E-state index in [9.17, 15) is 0 Å². The standard InChI is InChI=1S/C14H20N2S/c15-14(17)13-8-4-3-7-12(13)11-16-9-5-1-2-6-10-16/h3-4,7-8H,1-2,5-6,9-11H2,(H2,15,17). The maximum absolute atomic E-state index is 5.76. The molecule has 2 N–H and O–H groups in total. The maximum Gasteiger partial charge on any atom is 0.104 e. The molecule has 2 nitrogen and oxygen atoms in total. The molecule has 0 amide bonds. The summed E-state index contributed by atoms with van der Waals surface area (Å²) in [6, 6.07) is 8.23. The van der Waals surface area contributed by atoms with Gasteiger partial charge in [0.2, 0.25) is 0 Å². The van der Waals surface area contributed by atoms with E-state index in [0.29, 0.717) is 4.99 Å². The van der Waals surface area contributed by atoms with Crippen LogP contribution < -0.4 is 5.73 Å². The SMILES string of the molecule is NC(=S)c1ccccc1CN1CCCCCC1. The fraction of sp³-hybridized carbons (Fsp3) is 0.500. The lowest BCUT2D eigenvalue weighted by Crippen LogP contribution is -2.25. The Bertz CT molecular complexity index is 382. The van der Waals surface area contributed by atoms with Gasteiger partial charge in [0.15, 0.2) is 0 Å². The average Bonchev–Trinajstić information content (AvgIpc) is 2.58. The van der Waals surface area contributed by atoms with Gasteiger partial charge in [-0.25, -0.2) is 0 Å². The first kappa shape index (κ1) is 12.5. The second-order valence-corrected chi connectivity index (χ2v) is 5.15. The smallest absolute Gasteiger partial charge is 0.104 e. The minimum Gasteiger partial charge on any atom is -0.389 e. The van der Waals surface area contributed by atoms with Gasteiger partial charge < -0.3 is 5.73 Å². The van der Waals surface area contributed by atoms with Gasteiger partial charge in [-0.3, -0.25) is 4.90 Å². The molecule has 0 radical (unpaired) electrons. The zero-order chi connectivity index (χ0) is 12.1. The zero-order valence-corrected chi connectivity index (χ0v) is 11.0. The van der Waals surface area contributed by atoms with E-state index >= 15 is 0 Å². The lowest BCUT2D eigenvalue weighted by molar-refractivity contribution is 0.277. The highest BCUT2D eigenvalue weighted by atomic mass is 32.1. The highest BCUT2D eigenvalue weighted by Crippen LogP contribution is 2.16. The fourth-order valence-electron chi connectivity index (χ4n) is 2.43. The molecule has 0 atom stereocenters. The molecule has 92 valence electrons. The number of hydrogen-bond donors (Lipinski definition) is 1. The van der Waals surface area contributed by atoms with Crippen molar-refractivity contribution in [2.24, 2.45) is 5.73 Å². The third-order valence-corrected chi connectivity index (χ3v) is 3.60. The molecule has 1 aliphatic rings. The van der Waals surface area contributed by atoms with Crippen LogP contribution in [0.25, 0.3) is 0 Å². The fourth-order valence-corrected chi connectivity index (χ4v) is 2.63. The van der Waals surface area contributed by atoms with E-state index in [0.717, 1.165) is 12.1 Å². The Kier molecular flexibility index (Phi) is 4.51. The molecular weight excluding hydrogens is 228 g/mol. The molecule has 0 aliphatic carbocycles. The highest BCUT2D eigenvalue weighted by Gasteiger charge is 2.12. The van der Waals surface area contributed by atoms with Crippen molar-refractivity contribution in [2.75, 3.05) is 13.1 Å². The largest absolute Gasteiger partial charge is 0.389 e. The van der Waals surface area contributed by atoms with Crippen molar-refractivity contribution in [3.8, 4) is 0 Å². The molecule has 1 aromatic carbocycles. The number of hydrogen-bond acceptors (Lipinski definition) is 2. The third-order valence-electron chi connectivity index (χ3n) is 3.38. The van der Waals surface area contributed by atoms with Gasteiger partial charge in [0.1, 0.15) is 4.99 Å². The van der Waals surface area contributed by atoms with Gasteiger partial charge in [0.05, 0.1) is 0 Å². The first-order chi connectivity index (χ1) is 8.27. The van der Waals surface area contributed by atoms with Crippen molar-refractivity contribution in [1.82, 2.24) is 4.90 Å². The molecule has 3 heteroatoms. The van der Waals surface area contributed by atoms with E-state index < -0.39 is 0 Å². The molecule has 0 spiro atoms. The summed E-state index contributed by atoms with van der Waals surface area (Å²) in [5, 5.41) is 0. The maximum atomic E-state index is 5.76. The minimum atomic E-state index is 0.510. The molecule has 17 heavy (non-hydrogen) atoms. The molecule has 1 aromatic rings. The summed E-state index contributed by atoms with van der Waals surface area (Å²) >= 11 is 5.10. The summed E-state index contributed by atoms with van der Waals surface area (Å²) in [6.07, 6.45) is 5.37. The molecular formula is C14H20N2S. The van der Waals surface area contributed by atoms with Crippen LogP contribution >= 0.6 is 12.2 Å². The van der Waals surface area contributed by atoms with Gasteiger partial charge in [-0.05, 0) is 31.5 Å². The second-order valence-electron chi connectivity index (χ2n) is 4.71. The molecule has 1 aliphatic heterocycles. The first-order valence-electron chi connectivity index (χ1n) is 6.37. The van der Waals surface area contributed by atoms with Crippen LogP contribution in [0.15, 0.2) is 24.3 Å². The van der Waals surface area contributed by atoms with E-state index in [4.69, 9.17) is 18.0 Å². The van der Waals surface area contributed by atoms with Crippen molar-refractivity contribution in [2.45, 2.75) is 32.2 Å². The summed E-state index contributed by atoms with van der Waals surface area (Å²) in [5.74, 6) is 0. The molecule has 2 rings (SSSR count). The van der Waals surface area contributed by atoms with E-state index in [1.54, 1.807) is 0 Å². The monoisotopic (exact) mass is 248 g/mol. The first-order valence-corrected chi connectivity index (χ1v) is 6.78. The molecule has 1 fully saturated rings. The van der Waals surface area contributed by atoms with Crippen molar-refractivity contribution in [1.29, 1.82) is 0 Å². The van der Waals surface area contributed by atoms with Crippen LogP contribution in [0.1, 0.15) is 36.8 Å². The molecule has 0 bridgehead atoms. The Morgan fingerprint density at radius 2 is 1.76 bits per heavy atom. The number of rotatable bonds is 3. The molecule has 1 saturated heterocycles. The summed E-state index contributed by atoms with van der Waals surface area (Å²) in [4.78, 5) is 3.03. The molecule has 1 heterocycles. The Morgan fingerprint density at radius 1 is 1.12 bits per heavy atom. The van der Waals surface area contributed by atoms with Crippen LogP contribution in [-0.2, 0) is 6.54 Å². The van der Waals surface area contributed by atoms with Gasteiger partial charge >= 0.3 is 0 Å². The zero-order valence-electron chi connectivity index (χ0n) is 10.2. The normalized spacial score (nSPS) is 17.6. The lowest BCUT2D eigenvalue weighted by atomic mass is 10.1. The van der Waals surface area contributed by atoms with Crippen molar-refractivity contribution in [3.05, 3.63) is 35.4 Å². The third kappa shape index (κ3) is 3.51. The Hall–Kier alpha value is -0.930. The van der Waals surface area contributed by atoms with Crippen LogP contribution in [0.3, 0.4) is 0 Å². The minimum absolute atomic E-state index is 0.510. The summed E-state index contributed by atoms with van der Waals surface area (Å²) in [6.45, 7) is 3.38. The van der Waals surface area contributed by atoms with Gasteiger partial charge in [0, 0.05) is 12.1 Å². The van der Waals surface area contributed by atoms with E-state index in [1.165, 1.54) is 44.3 Å². The van der Waals surface area contributed by atoms with E-state index in [2.05, 4.69) is 17.0 Å². The Balaban J connectivity index is 2.09. The lowest BCUT2D eigenvalue weighted by Gasteiger charge is -2.21. The highest BCUT2D eigenvalue weighted by molar-refractivity contribution is 7.80. The van der Waals surface area contributed by atoms with Crippen LogP contribution in [0.5, 0.6) is 0 Å². The van der Waals surface area contributed by atoms with Crippen LogP contribution in [0.2, 0.25) is 0 Å². The Morgan fingerprint density at radius 3 is 2.41 bits per heavy atom. The Labute approximate surface area is 109 Å².